The predicted molar refractivity (Wildman–Crippen MR) is 92.4 cm³/mol. The van der Waals surface area contributed by atoms with Crippen molar-refractivity contribution in [1.29, 1.82) is 0 Å². The van der Waals surface area contributed by atoms with Crippen molar-refractivity contribution in [2.75, 3.05) is 26.8 Å². The number of hydrogen-bond donors (Lipinski definition) is 2. The van der Waals surface area contributed by atoms with Crippen LogP contribution in [0.5, 0.6) is 0 Å². The molecule has 1 unspecified atom stereocenters. The van der Waals surface area contributed by atoms with Crippen molar-refractivity contribution >= 4 is 29.9 Å². The number of halogens is 1. The van der Waals surface area contributed by atoms with Crippen molar-refractivity contribution in [3.63, 3.8) is 0 Å². The Bertz CT molecular complexity index is 265. The predicted octanol–water partition coefficient (Wildman–Crippen LogP) is 2.77. The SMILES string of the molecule is CCNC(=NCC1(C)CCCC1)NC(C)COC.I. The summed E-state index contributed by atoms with van der Waals surface area (Å²) in [7, 11) is 1.72. The Morgan fingerprint density at radius 1 is 1.37 bits per heavy atom. The Morgan fingerprint density at radius 3 is 2.53 bits per heavy atom. The molecule has 0 bridgehead atoms. The van der Waals surface area contributed by atoms with E-state index in [-0.39, 0.29) is 30.0 Å². The standard InChI is InChI=1S/C14H29N3O.HI/c1-5-15-13(17-12(2)10-18-4)16-11-14(3)8-6-7-9-14;/h12H,5-11H2,1-4H3,(H2,15,16,17);1H. The number of guanidine groups is 1. The van der Waals surface area contributed by atoms with Gasteiger partial charge in [-0.05, 0) is 32.1 Å². The van der Waals surface area contributed by atoms with Gasteiger partial charge in [-0.2, -0.15) is 0 Å². The fraction of sp³-hybridized carbons (Fsp3) is 0.929. The monoisotopic (exact) mass is 383 g/mol. The highest BCUT2D eigenvalue weighted by molar-refractivity contribution is 14.0. The highest BCUT2D eigenvalue weighted by atomic mass is 127. The number of ether oxygens (including phenoxy) is 1. The zero-order valence-corrected chi connectivity index (χ0v) is 15.1. The lowest BCUT2D eigenvalue weighted by molar-refractivity contribution is 0.179. The maximum absolute atomic E-state index is 5.14. The van der Waals surface area contributed by atoms with Crippen LogP contribution in [0.3, 0.4) is 0 Å². The number of nitrogens with one attached hydrogen (secondary N) is 2. The van der Waals surface area contributed by atoms with Crippen molar-refractivity contribution < 1.29 is 4.74 Å². The second kappa shape index (κ2) is 9.80. The summed E-state index contributed by atoms with van der Waals surface area (Å²) in [4.78, 5) is 4.73. The molecule has 1 aliphatic carbocycles. The molecule has 114 valence electrons. The number of rotatable bonds is 6. The summed E-state index contributed by atoms with van der Waals surface area (Å²) < 4.78 is 5.14. The third-order valence-corrected chi connectivity index (χ3v) is 3.57. The van der Waals surface area contributed by atoms with Crippen LogP contribution in [-0.4, -0.2) is 38.8 Å². The first-order valence-electron chi connectivity index (χ1n) is 7.13. The van der Waals surface area contributed by atoms with Gasteiger partial charge in [-0.25, -0.2) is 0 Å². The van der Waals surface area contributed by atoms with Crippen molar-refractivity contribution in [2.24, 2.45) is 10.4 Å². The summed E-state index contributed by atoms with van der Waals surface area (Å²) in [5.74, 6) is 0.912. The van der Waals surface area contributed by atoms with Crippen LogP contribution in [0.25, 0.3) is 0 Å². The van der Waals surface area contributed by atoms with E-state index in [1.807, 2.05) is 0 Å². The quantitative estimate of drug-likeness (QED) is 0.421. The Labute approximate surface area is 135 Å². The third kappa shape index (κ3) is 7.34. The normalized spacial score (nSPS) is 19.7. The zero-order chi connectivity index (χ0) is 13.4. The number of methoxy groups -OCH3 is 1. The molecule has 1 aliphatic rings. The lowest BCUT2D eigenvalue weighted by Gasteiger charge is -2.23. The molecule has 0 aliphatic heterocycles. The Morgan fingerprint density at radius 2 is 2.00 bits per heavy atom. The molecule has 0 amide bonds. The first-order chi connectivity index (χ1) is 8.59. The molecule has 0 heterocycles. The summed E-state index contributed by atoms with van der Waals surface area (Å²) in [6, 6.07) is 0.282. The van der Waals surface area contributed by atoms with E-state index in [9.17, 15) is 0 Å². The molecule has 4 nitrogen and oxygen atoms in total. The summed E-state index contributed by atoms with van der Waals surface area (Å²) in [5.41, 5.74) is 0.410. The van der Waals surface area contributed by atoms with Gasteiger partial charge in [-0.3, -0.25) is 4.99 Å². The van der Waals surface area contributed by atoms with Crippen molar-refractivity contribution in [3.05, 3.63) is 0 Å². The lowest BCUT2D eigenvalue weighted by atomic mass is 9.89. The third-order valence-electron chi connectivity index (χ3n) is 3.57. The van der Waals surface area contributed by atoms with Crippen LogP contribution in [-0.2, 0) is 4.74 Å². The van der Waals surface area contributed by atoms with E-state index < -0.39 is 0 Å². The van der Waals surface area contributed by atoms with Gasteiger partial charge in [-0.15, -0.1) is 24.0 Å². The molecule has 0 aromatic rings. The van der Waals surface area contributed by atoms with Crippen LogP contribution >= 0.6 is 24.0 Å². The van der Waals surface area contributed by atoms with Crippen molar-refractivity contribution in [2.45, 2.75) is 52.5 Å². The van der Waals surface area contributed by atoms with E-state index in [4.69, 9.17) is 9.73 Å². The summed E-state index contributed by atoms with van der Waals surface area (Å²) in [5, 5.41) is 6.67. The topological polar surface area (TPSA) is 45.7 Å². The molecule has 0 radical (unpaired) electrons. The van der Waals surface area contributed by atoms with Crippen LogP contribution in [0.2, 0.25) is 0 Å². The zero-order valence-electron chi connectivity index (χ0n) is 12.8. The van der Waals surface area contributed by atoms with Crippen LogP contribution < -0.4 is 10.6 Å². The molecule has 0 aromatic heterocycles. The van der Waals surface area contributed by atoms with Gasteiger partial charge in [0.25, 0.3) is 0 Å². The van der Waals surface area contributed by atoms with E-state index in [1.54, 1.807) is 7.11 Å². The Kier molecular flexibility index (Phi) is 9.78. The molecule has 19 heavy (non-hydrogen) atoms. The van der Waals surface area contributed by atoms with Gasteiger partial charge in [0.2, 0.25) is 0 Å². The molecule has 1 fully saturated rings. The van der Waals surface area contributed by atoms with Crippen LogP contribution in [0.15, 0.2) is 4.99 Å². The molecular weight excluding hydrogens is 353 g/mol. The van der Waals surface area contributed by atoms with Crippen molar-refractivity contribution in [3.8, 4) is 0 Å². The first-order valence-corrected chi connectivity index (χ1v) is 7.13. The number of hydrogen-bond acceptors (Lipinski definition) is 2. The van der Waals surface area contributed by atoms with Crippen molar-refractivity contribution in [1.82, 2.24) is 10.6 Å². The molecule has 1 saturated carbocycles. The summed E-state index contributed by atoms with van der Waals surface area (Å²) in [6.45, 7) is 9.06. The largest absolute Gasteiger partial charge is 0.383 e. The van der Waals surface area contributed by atoms with E-state index in [0.29, 0.717) is 12.0 Å². The van der Waals surface area contributed by atoms with Gasteiger partial charge in [0, 0.05) is 26.2 Å². The van der Waals surface area contributed by atoms with Crippen LogP contribution in [0, 0.1) is 5.41 Å². The minimum Gasteiger partial charge on any atom is -0.383 e. The first kappa shape index (κ1) is 19.0. The van der Waals surface area contributed by atoms with Gasteiger partial charge in [0.1, 0.15) is 0 Å². The van der Waals surface area contributed by atoms with Crippen LogP contribution in [0.4, 0.5) is 0 Å². The second-order valence-corrected chi connectivity index (χ2v) is 5.71. The molecule has 1 rings (SSSR count). The minimum absolute atomic E-state index is 0. The highest BCUT2D eigenvalue weighted by Crippen LogP contribution is 2.37. The van der Waals surface area contributed by atoms with E-state index in [1.165, 1.54) is 25.7 Å². The fourth-order valence-corrected chi connectivity index (χ4v) is 2.50. The average molecular weight is 383 g/mol. The van der Waals surface area contributed by atoms with Gasteiger partial charge >= 0.3 is 0 Å². The summed E-state index contributed by atoms with van der Waals surface area (Å²) in [6.07, 6.45) is 5.33. The van der Waals surface area contributed by atoms with Gasteiger partial charge in [-0.1, -0.05) is 19.8 Å². The lowest BCUT2D eigenvalue weighted by Crippen LogP contribution is -2.44. The van der Waals surface area contributed by atoms with Gasteiger partial charge in [0.05, 0.1) is 6.61 Å². The minimum atomic E-state index is 0. The van der Waals surface area contributed by atoms with Gasteiger partial charge in [0.15, 0.2) is 5.96 Å². The average Bonchev–Trinajstić information content (AvgIpc) is 2.74. The molecule has 2 N–H and O–H groups in total. The maximum atomic E-state index is 5.14. The maximum Gasteiger partial charge on any atom is 0.191 e. The van der Waals surface area contributed by atoms with Gasteiger partial charge < -0.3 is 15.4 Å². The molecule has 1 atom stereocenters. The number of aliphatic imine (C=N–C) groups is 1. The van der Waals surface area contributed by atoms with E-state index in [0.717, 1.165) is 19.0 Å². The fourth-order valence-electron chi connectivity index (χ4n) is 2.50. The molecule has 5 heteroatoms. The highest BCUT2D eigenvalue weighted by Gasteiger charge is 2.28. The van der Waals surface area contributed by atoms with E-state index >= 15 is 0 Å². The second-order valence-electron chi connectivity index (χ2n) is 5.71. The smallest absolute Gasteiger partial charge is 0.191 e. The Balaban J connectivity index is 0.00000324. The molecular formula is C14H30IN3O. The van der Waals surface area contributed by atoms with Crippen LogP contribution in [0.1, 0.15) is 46.5 Å². The Hall–Kier alpha value is -0.0400. The number of nitrogens with zero attached hydrogens (tertiary/aromatic N) is 1. The molecule has 0 saturated heterocycles. The molecule has 0 aromatic carbocycles. The summed E-state index contributed by atoms with van der Waals surface area (Å²) >= 11 is 0. The van der Waals surface area contributed by atoms with E-state index in [2.05, 4.69) is 31.4 Å². The molecule has 0 spiro atoms.